The quantitative estimate of drug-likeness (QED) is 0.426. The number of aromatic nitrogens is 1. The monoisotopic (exact) mass is 416 g/mol. The summed E-state index contributed by atoms with van der Waals surface area (Å²) in [5.41, 5.74) is 1.95. The third-order valence-corrected chi connectivity index (χ3v) is 5.60. The molecule has 0 spiro atoms. The summed E-state index contributed by atoms with van der Waals surface area (Å²) in [7, 11) is 1.33. The molecule has 0 saturated carbocycles. The molecule has 2 N–H and O–H groups in total. The lowest BCUT2D eigenvalue weighted by molar-refractivity contribution is -0.145. The highest BCUT2D eigenvalue weighted by atomic mass is 35.5. The molecule has 1 aromatic heterocycles. The molecule has 5 nitrogen and oxygen atoms in total. The Balaban J connectivity index is 1.58. The maximum absolute atomic E-state index is 12.3. The number of ether oxygens (including phenoxy) is 1. The first-order chi connectivity index (χ1) is 13.6. The van der Waals surface area contributed by atoms with Gasteiger partial charge < -0.3 is 15.0 Å². The van der Waals surface area contributed by atoms with Gasteiger partial charge in [-0.1, -0.05) is 29.8 Å². The molecule has 0 radical (unpaired) electrons. The molecule has 0 aliphatic heterocycles. The fraction of sp³-hybridized carbons (Fsp3) is 0.238. The van der Waals surface area contributed by atoms with Gasteiger partial charge >= 0.3 is 5.97 Å². The van der Waals surface area contributed by atoms with Crippen molar-refractivity contribution < 1.29 is 14.3 Å². The van der Waals surface area contributed by atoms with Gasteiger partial charge in [-0.2, -0.15) is 0 Å². The Labute approximate surface area is 172 Å². The molecular weight excluding hydrogens is 396 g/mol. The molecule has 0 bridgehead atoms. The van der Waals surface area contributed by atoms with Crippen LogP contribution < -0.4 is 5.32 Å². The van der Waals surface area contributed by atoms with Crippen LogP contribution in [0.2, 0.25) is 5.02 Å². The lowest BCUT2D eigenvalue weighted by Gasteiger charge is -2.16. The number of fused-ring (bicyclic) bond motifs is 1. The Morgan fingerprint density at radius 2 is 1.93 bits per heavy atom. The number of thioether (sulfide) groups is 1. The number of esters is 1. The average Bonchev–Trinajstić information content (AvgIpc) is 3.11. The number of aromatic amines is 1. The average molecular weight is 417 g/mol. The van der Waals surface area contributed by atoms with Gasteiger partial charge in [0, 0.05) is 45.6 Å². The van der Waals surface area contributed by atoms with Crippen LogP contribution in [0.5, 0.6) is 0 Å². The second-order valence-electron chi connectivity index (χ2n) is 6.26. The van der Waals surface area contributed by atoms with E-state index in [0.29, 0.717) is 23.6 Å². The van der Waals surface area contributed by atoms with E-state index in [4.69, 9.17) is 16.3 Å². The molecule has 1 unspecified atom stereocenters. The lowest BCUT2D eigenvalue weighted by Crippen LogP contribution is -2.43. The van der Waals surface area contributed by atoms with Gasteiger partial charge in [0.05, 0.1) is 7.11 Å². The first-order valence-corrected chi connectivity index (χ1v) is 10.2. The second kappa shape index (κ2) is 9.66. The molecule has 7 heteroatoms. The normalized spacial score (nSPS) is 11.9. The third-order valence-electron chi connectivity index (χ3n) is 4.33. The van der Waals surface area contributed by atoms with Crippen molar-refractivity contribution in [3.63, 3.8) is 0 Å². The van der Waals surface area contributed by atoms with E-state index in [-0.39, 0.29) is 5.91 Å². The summed E-state index contributed by atoms with van der Waals surface area (Å²) >= 11 is 7.44. The van der Waals surface area contributed by atoms with Gasteiger partial charge in [0.25, 0.3) is 0 Å². The van der Waals surface area contributed by atoms with E-state index in [9.17, 15) is 9.59 Å². The SMILES string of the molecule is COC(=O)C(Cc1c[nH]c2ccccc12)NC(=O)CCSc1ccc(Cl)cc1. The number of rotatable bonds is 8. The van der Waals surface area contributed by atoms with Crippen molar-refractivity contribution in [3.8, 4) is 0 Å². The predicted octanol–water partition coefficient (Wildman–Crippen LogP) is 4.20. The molecule has 146 valence electrons. The Morgan fingerprint density at radius 3 is 2.68 bits per heavy atom. The number of halogens is 1. The molecule has 2 aromatic carbocycles. The van der Waals surface area contributed by atoms with Crippen LogP contribution in [0.25, 0.3) is 10.9 Å². The summed E-state index contributed by atoms with van der Waals surface area (Å²) in [4.78, 5) is 28.7. The zero-order valence-corrected chi connectivity index (χ0v) is 17.0. The number of benzene rings is 2. The molecule has 3 rings (SSSR count). The van der Waals surface area contributed by atoms with Crippen LogP contribution in [0.4, 0.5) is 0 Å². The molecule has 0 aliphatic carbocycles. The van der Waals surface area contributed by atoms with Crippen molar-refractivity contribution in [1.82, 2.24) is 10.3 Å². The van der Waals surface area contributed by atoms with Crippen LogP contribution in [0.1, 0.15) is 12.0 Å². The Morgan fingerprint density at radius 1 is 1.18 bits per heavy atom. The predicted molar refractivity (Wildman–Crippen MR) is 113 cm³/mol. The highest BCUT2D eigenvalue weighted by molar-refractivity contribution is 7.99. The second-order valence-corrected chi connectivity index (χ2v) is 7.86. The van der Waals surface area contributed by atoms with Gasteiger partial charge in [-0.05, 0) is 35.9 Å². The number of para-hydroxylation sites is 1. The fourth-order valence-electron chi connectivity index (χ4n) is 2.91. The van der Waals surface area contributed by atoms with Crippen molar-refractivity contribution in [2.24, 2.45) is 0 Å². The largest absolute Gasteiger partial charge is 0.467 e. The summed E-state index contributed by atoms with van der Waals surface area (Å²) in [5.74, 6) is -0.0327. The van der Waals surface area contributed by atoms with Crippen LogP contribution in [0, 0.1) is 0 Å². The topological polar surface area (TPSA) is 71.2 Å². The van der Waals surface area contributed by atoms with E-state index >= 15 is 0 Å². The summed E-state index contributed by atoms with van der Waals surface area (Å²) in [5, 5.41) is 4.52. The molecule has 28 heavy (non-hydrogen) atoms. The van der Waals surface area contributed by atoms with Gasteiger partial charge in [0.1, 0.15) is 6.04 Å². The number of hydrogen-bond acceptors (Lipinski definition) is 4. The Kier molecular flexibility index (Phi) is 7.01. The zero-order chi connectivity index (χ0) is 19.9. The number of hydrogen-bond donors (Lipinski definition) is 2. The highest BCUT2D eigenvalue weighted by Gasteiger charge is 2.23. The van der Waals surface area contributed by atoms with Gasteiger partial charge in [-0.15, -0.1) is 11.8 Å². The first kappa shape index (κ1) is 20.3. The minimum Gasteiger partial charge on any atom is -0.467 e. The van der Waals surface area contributed by atoms with Gasteiger partial charge in [0.2, 0.25) is 5.91 Å². The third kappa shape index (κ3) is 5.30. The number of nitrogens with one attached hydrogen (secondary N) is 2. The van der Waals surface area contributed by atoms with Crippen LogP contribution in [-0.4, -0.2) is 35.8 Å². The van der Waals surface area contributed by atoms with Crippen molar-refractivity contribution >= 4 is 46.1 Å². The number of H-pyrrole nitrogens is 1. The molecular formula is C21H21ClN2O3S. The summed E-state index contributed by atoms with van der Waals surface area (Å²) in [6, 6.07) is 14.6. The number of carbonyl (C=O) groups excluding carboxylic acids is 2. The lowest BCUT2D eigenvalue weighted by atomic mass is 10.0. The molecule has 0 fully saturated rings. The van der Waals surface area contributed by atoms with Crippen molar-refractivity contribution in [3.05, 3.63) is 65.3 Å². The molecule has 0 saturated heterocycles. The fourth-order valence-corrected chi connectivity index (χ4v) is 3.89. The van der Waals surface area contributed by atoms with Crippen molar-refractivity contribution in [2.75, 3.05) is 12.9 Å². The van der Waals surface area contributed by atoms with Crippen LogP contribution in [0.3, 0.4) is 0 Å². The van der Waals surface area contributed by atoms with Crippen molar-refractivity contribution in [1.29, 1.82) is 0 Å². The summed E-state index contributed by atoms with van der Waals surface area (Å²) < 4.78 is 4.88. The minimum absolute atomic E-state index is 0.184. The first-order valence-electron chi connectivity index (χ1n) is 8.87. The molecule has 3 aromatic rings. The molecule has 0 aliphatic rings. The van der Waals surface area contributed by atoms with Gasteiger partial charge in [-0.3, -0.25) is 4.79 Å². The standard InChI is InChI=1S/C21H21ClN2O3S/c1-27-21(26)19(12-14-13-23-18-5-3-2-4-17(14)18)24-20(25)10-11-28-16-8-6-15(22)7-9-16/h2-9,13,19,23H,10-12H2,1H3,(H,24,25). The Bertz CT molecular complexity index is 956. The number of methoxy groups -OCH3 is 1. The number of carbonyl (C=O) groups is 2. The molecule has 1 heterocycles. The van der Waals surface area contributed by atoms with E-state index in [1.54, 1.807) is 11.8 Å². The smallest absolute Gasteiger partial charge is 0.328 e. The van der Waals surface area contributed by atoms with E-state index in [1.165, 1.54) is 7.11 Å². The summed E-state index contributed by atoms with van der Waals surface area (Å²) in [6.45, 7) is 0. The van der Waals surface area contributed by atoms with Crippen molar-refractivity contribution in [2.45, 2.75) is 23.8 Å². The summed E-state index contributed by atoms with van der Waals surface area (Å²) in [6.07, 6.45) is 2.53. The van der Waals surface area contributed by atoms with Gasteiger partial charge in [0.15, 0.2) is 0 Å². The zero-order valence-electron chi connectivity index (χ0n) is 15.4. The molecule has 1 atom stereocenters. The van der Waals surface area contributed by atoms with E-state index in [1.807, 2.05) is 54.7 Å². The number of amides is 1. The van der Waals surface area contributed by atoms with E-state index in [2.05, 4.69) is 10.3 Å². The molecule has 1 amide bonds. The van der Waals surface area contributed by atoms with Gasteiger partial charge in [-0.25, -0.2) is 4.79 Å². The minimum atomic E-state index is -0.725. The van der Waals surface area contributed by atoms with Crippen LogP contribution >= 0.6 is 23.4 Å². The van der Waals surface area contributed by atoms with Crippen LogP contribution in [0.15, 0.2) is 59.6 Å². The van der Waals surface area contributed by atoms with E-state index < -0.39 is 12.0 Å². The maximum atomic E-state index is 12.3. The van der Waals surface area contributed by atoms with Crippen LogP contribution in [-0.2, 0) is 20.7 Å². The van der Waals surface area contributed by atoms with E-state index in [0.717, 1.165) is 21.4 Å². The maximum Gasteiger partial charge on any atom is 0.328 e. The Hall–Kier alpha value is -2.44. The highest BCUT2D eigenvalue weighted by Crippen LogP contribution is 2.21.